The maximum atomic E-state index is 11.9. The standard InChI is InChI=1S/C16H23NO2S/c1-3-4-5-9-16(19)17(2)12-15-11-14(13-20-15)8-6-7-10-18/h11,13,18H,3-5,7,9-10,12H2,1-2H3. The molecule has 0 aliphatic rings. The lowest BCUT2D eigenvalue weighted by molar-refractivity contribution is -0.130. The summed E-state index contributed by atoms with van der Waals surface area (Å²) in [7, 11) is 1.85. The zero-order valence-corrected chi connectivity index (χ0v) is 13.1. The van der Waals surface area contributed by atoms with Crippen molar-refractivity contribution in [2.75, 3.05) is 13.7 Å². The molecule has 1 heterocycles. The second-order valence-electron chi connectivity index (χ2n) is 4.78. The molecule has 0 bridgehead atoms. The Hall–Kier alpha value is -1.31. The number of rotatable bonds is 7. The highest BCUT2D eigenvalue weighted by Gasteiger charge is 2.09. The van der Waals surface area contributed by atoms with Crippen molar-refractivity contribution in [1.82, 2.24) is 4.90 Å². The molecule has 0 spiro atoms. The molecule has 0 atom stereocenters. The van der Waals surface area contributed by atoms with Crippen LogP contribution >= 0.6 is 11.3 Å². The maximum absolute atomic E-state index is 11.9. The molecule has 0 aromatic carbocycles. The first kappa shape index (κ1) is 16.7. The van der Waals surface area contributed by atoms with Gasteiger partial charge in [-0.15, -0.1) is 11.3 Å². The van der Waals surface area contributed by atoms with Gasteiger partial charge in [0, 0.05) is 35.7 Å². The summed E-state index contributed by atoms with van der Waals surface area (Å²) in [5, 5.41) is 10.7. The van der Waals surface area contributed by atoms with E-state index in [0.29, 0.717) is 19.4 Å². The second kappa shape index (κ2) is 9.57. The van der Waals surface area contributed by atoms with Crippen LogP contribution in [-0.2, 0) is 11.3 Å². The lowest BCUT2D eigenvalue weighted by Gasteiger charge is -2.15. The third-order valence-electron chi connectivity index (χ3n) is 2.94. The Morgan fingerprint density at radius 3 is 2.95 bits per heavy atom. The molecule has 0 saturated carbocycles. The Bertz CT molecular complexity index is 470. The second-order valence-corrected chi connectivity index (χ2v) is 5.78. The number of hydrogen-bond donors (Lipinski definition) is 1. The zero-order valence-electron chi connectivity index (χ0n) is 12.3. The molecule has 0 aliphatic heterocycles. The molecule has 1 amide bonds. The van der Waals surface area contributed by atoms with E-state index in [1.807, 2.05) is 18.5 Å². The number of aliphatic hydroxyl groups excluding tert-OH is 1. The Balaban J connectivity index is 2.44. The van der Waals surface area contributed by atoms with Crippen LogP contribution in [0.15, 0.2) is 11.4 Å². The van der Waals surface area contributed by atoms with Crippen molar-refractivity contribution < 1.29 is 9.90 Å². The number of nitrogens with zero attached hydrogens (tertiary/aromatic N) is 1. The normalized spacial score (nSPS) is 9.95. The Kier molecular flexibility index (Phi) is 8.01. The summed E-state index contributed by atoms with van der Waals surface area (Å²) in [6, 6.07) is 2.02. The van der Waals surface area contributed by atoms with E-state index in [-0.39, 0.29) is 12.5 Å². The largest absolute Gasteiger partial charge is 0.395 e. The summed E-state index contributed by atoms with van der Waals surface area (Å²) in [5.74, 6) is 6.12. The van der Waals surface area contributed by atoms with Crippen LogP contribution in [0.3, 0.4) is 0 Å². The topological polar surface area (TPSA) is 40.5 Å². The quantitative estimate of drug-likeness (QED) is 0.620. The smallest absolute Gasteiger partial charge is 0.222 e. The third-order valence-corrected chi connectivity index (χ3v) is 3.86. The molecule has 20 heavy (non-hydrogen) atoms. The van der Waals surface area contributed by atoms with Crippen LogP contribution in [0.25, 0.3) is 0 Å². The third kappa shape index (κ3) is 6.23. The molecule has 1 aromatic rings. The van der Waals surface area contributed by atoms with Crippen molar-refractivity contribution in [3.63, 3.8) is 0 Å². The van der Waals surface area contributed by atoms with Crippen LogP contribution in [-0.4, -0.2) is 29.6 Å². The van der Waals surface area contributed by atoms with E-state index < -0.39 is 0 Å². The average Bonchev–Trinajstić information content (AvgIpc) is 2.86. The maximum Gasteiger partial charge on any atom is 0.222 e. The monoisotopic (exact) mass is 293 g/mol. The van der Waals surface area contributed by atoms with E-state index in [1.165, 1.54) is 0 Å². The molecule has 0 aliphatic carbocycles. The molecular formula is C16H23NO2S. The van der Waals surface area contributed by atoms with Crippen LogP contribution in [0, 0.1) is 11.8 Å². The number of amides is 1. The highest BCUT2D eigenvalue weighted by Crippen LogP contribution is 2.16. The van der Waals surface area contributed by atoms with Crippen LogP contribution in [0.1, 0.15) is 49.5 Å². The molecule has 0 saturated heterocycles. The first-order valence-corrected chi connectivity index (χ1v) is 7.96. The summed E-state index contributed by atoms with van der Waals surface area (Å²) >= 11 is 1.62. The Morgan fingerprint density at radius 1 is 1.45 bits per heavy atom. The van der Waals surface area contributed by atoms with Gasteiger partial charge in [-0.3, -0.25) is 4.79 Å². The zero-order chi connectivity index (χ0) is 14.8. The van der Waals surface area contributed by atoms with Gasteiger partial charge in [0.2, 0.25) is 5.91 Å². The fourth-order valence-electron chi connectivity index (χ4n) is 1.79. The minimum atomic E-state index is 0.0962. The van der Waals surface area contributed by atoms with Crippen LogP contribution in [0.2, 0.25) is 0 Å². The Labute approximate surface area is 125 Å². The van der Waals surface area contributed by atoms with E-state index in [1.54, 1.807) is 16.2 Å². The molecule has 3 nitrogen and oxygen atoms in total. The lowest BCUT2D eigenvalue weighted by Crippen LogP contribution is -2.25. The number of carbonyl (C=O) groups excluding carboxylic acids is 1. The molecule has 0 unspecified atom stereocenters. The van der Waals surface area contributed by atoms with Gasteiger partial charge in [0.05, 0.1) is 13.2 Å². The molecule has 1 rings (SSSR count). The lowest BCUT2D eigenvalue weighted by atomic mass is 10.2. The molecule has 110 valence electrons. The number of thiophene rings is 1. The summed E-state index contributed by atoms with van der Waals surface area (Å²) < 4.78 is 0. The van der Waals surface area contributed by atoms with Crippen molar-refractivity contribution in [3.05, 3.63) is 21.9 Å². The number of unbranched alkanes of at least 4 members (excludes halogenated alkanes) is 2. The summed E-state index contributed by atoms with van der Waals surface area (Å²) in [5.41, 5.74) is 0.963. The highest BCUT2D eigenvalue weighted by atomic mass is 32.1. The SMILES string of the molecule is CCCCCC(=O)N(C)Cc1cc(C#CCCO)cs1. The van der Waals surface area contributed by atoms with Crippen molar-refractivity contribution in [3.8, 4) is 11.8 Å². The van der Waals surface area contributed by atoms with E-state index in [4.69, 9.17) is 5.11 Å². The number of hydrogen-bond acceptors (Lipinski definition) is 3. The minimum absolute atomic E-state index is 0.0962. The molecule has 0 radical (unpaired) electrons. The fraction of sp³-hybridized carbons (Fsp3) is 0.562. The van der Waals surface area contributed by atoms with Crippen LogP contribution < -0.4 is 0 Å². The minimum Gasteiger partial charge on any atom is -0.395 e. The van der Waals surface area contributed by atoms with Gasteiger partial charge < -0.3 is 10.0 Å². The summed E-state index contributed by atoms with van der Waals surface area (Å²) in [6.45, 7) is 2.88. The van der Waals surface area contributed by atoms with E-state index in [0.717, 1.165) is 29.7 Å². The predicted molar refractivity (Wildman–Crippen MR) is 83.5 cm³/mol. The van der Waals surface area contributed by atoms with E-state index >= 15 is 0 Å². The van der Waals surface area contributed by atoms with Crippen molar-refractivity contribution in [1.29, 1.82) is 0 Å². The van der Waals surface area contributed by atoms with Gasteiger partial charge in [-0.1, -0.05) is 31.6 Å². The molecule has 4 heteroatoms. The van der Waals surface area contributed by atoms with Crippen molar-refractivity contribution >= 4 is 17.2 Å². The first-order valence-electron chi connectivity index (χ1n) is 7.08. The van der Waals surface area contributed by atoms with Gasteiger partial charge >= 0.3 is 0 Å². The van der Waals surface area contributed by atoms with Gasteiger partial charge in [0.25, 0.3) is 0 Å². The highest BCUT2D eigenvalue weighted by molar-refractivity contribution is 7.10. The van der Waals surface area contributed by atoms with Crippen molar-refractivity contribution in [2.45, 2.75) is 45.6 Å². The van der Waals surface area contributed by atoms with Gasteiger partial charge in [-0.2, -0.15) is 0 Å². The fourth-order valence-corrected chi connectivity index (χ4v) is 2.66. The average molecular weight is 293 g/mol. The first-order chi connectivity index (χ1) is 9.67. The molecule has 1 aromatic heterocycles. The van der Waals surface area contributed by atoms with E-state index in [9.17, 15) is 4.79 Å². The van der Waals surface area contributed by atoms with E-state index in [2.05, 4.69) is 18.8 Å². The molecule has 1 N–H and O–H groups in total. The van der Waals surface area contributed by atoms with Gasteiger partial charge in [0.15, 0.2) is 0 Å². The van der Waals surface area contributed by atoms with Crippen molar-refractivity contribution in [2.24, 2.45) is 0 Å². The van der Waals surface area contributed by atoms with Gasteiger partial charge in [-0.25, -0.2) is 0 Å². The van der Waals surface area contributed by atoms with Gasteiger partial charge in [-0.05, 0) is 12.5 Å². The summed E-state index contributed by atoms with van der Waals surface area (Å²) in [6.07, 6.45) is 4.36. The van der Waals surface area contributed by atoms with Crippen LogP contribution in [0.5, 0.6) is 0 Å². The van der Waals surface area contributed by atoms with Gasteiger partial charge in [0.1, 0.15) is 0 Å². The molecular weight excluding hydrogens is 270 g/mol. The predicted octanol–water partition coefficient (Wildman–Crippen LogP) is 3.02. The number of carbonyl (C=O) groups is 1. The van der Waals surface area contributed by atoms with Crippen LogP contribution in [0.4, 0.5) is 0 Å². The number of aliphatic hydroxyl groups is 1. The summed E-state index contributed by atoms with van der Waals surface area (Å²) in [4.78, 5) is 14.8. The Morgan fingerprint density at radius 2 is 2.25 bits per heavy atom. The molecule has 0 fully saturated rings.